The average molecular weight is 344 g/mol. The van der Waals surface area contributed by atoms with E-state index in [4.69, 9.17) is 4.74 Å². The maximum atomic E-state index is 12.6. The van der Waals surface area contributed by atoms with Crippen molar-refractivity contribution in [3.63, 3.8) is 0 Å². The summed E-state index contributed by atoms with van der Waals surface area (Å²) >= 11 is 0. The molecule has 0 N–H and O–H groups in total. The van der Waals surface area contributed by atoms with E-state index in [0.717, 1.165) is 45.2 Å². The molecular weight excluding hydrogens is 316 g/mol. The van der Waals surface area contributed by atoms with Crippen LogP contribution in [0.25, 0.3) is 0 Å². The van der Waals surface area contributed by atoms with Gasteiger partial charge in [0.05, 0.1) is 12.4 Å². The number of nitrogens with zero attached hydrogens (tertiary/aromatic N) is 2. The molecule has 0 aromatic heterocycles. The van der Waals surface area contributed by atoms with Gasteiger partial charge in [0.1, 0.15) is 0 Å². The summed E-state index contributed by atoms with van der Waals surface area (Å²) in [6, 6.07) is 0. The van der Waals surface area contributed by atoms with Crippen molar-refractivity contribution < 1.29 is 17.9 Å². The molecule has 2 saturated heterocycles. The summed E-state index contributed by atoms with van der Waals surface area (Å²) in [5, 5.41) is 0. The highest BCUT2D eigenvalue weighted by atomic mass is 32.2. The van der Waals surface area contributed by atoms with Crippen LogP contribution in [-0.4, -0.2) is 69.2 Å². The summed E-state index contributed by atoms with van der Waals surface area (Å²) in [4.78, 5) is 14.7. The van der Waals surface area contributed by atoms with Crippen molar-refractivity contribution in [2.24, 2.45) is 11.3 Å². The zero-order valence-corrected chi connectivity index (χ0v) is 14.8. The molecule has 2 aliphatic heterocycles. The number of amides is 1. The Kier molecular flexibility index (Phi) is 4.99. The predicted octanol–water partition coefficient (Wildman–Crippen LogP) is 1.08. The van der Waals surface area contributed by atoms with Crippen molar-refractivity contribution in [2.45, 2.75) is 38.5 Å². The monoisotopic (exact) mass is 344 g/mol. The fourth-order valence-corrected chi connectivity index (χ4v) is 5.49. The number of hydrogen-bond acceptors (Lipinski definition) is 4. The van der Waals surface area contributed by atoms with E-state index in [1.165, 1.54) is 13.5 Å². The average Bonchev–Trinajstić information content (AvgIpc) is 3.27. The highest BCUT2D eigenvalue weighted by Gasteiger charge is 2.59. The topological polar surface area (TPSA) is 66.9 Å². The first-order chi connectivity index (χ1) is 11.0. The van der Waals surface area contributed by atoms with Crippen LogP contribution in [0.5, 0.6) is 0 Å². The third-order valence-electron chi connectivity index (χ3n) is 5.81. The van der Waals surface area contributed by atoms with Gasteiger partial charge in [0.15, 0.2) is 0 Å². The number of rotatable bonds is 5. The van der Waals surface area contributed by atoms with Gasteiger partial charge in [-0.25, -0.2) is 12.7 Å². The van der Waals surface area contributed by atoms with E-state index in [-0.39, 0.29) is 23.7 Å². The lowest BCUT2D eigenvalue weighted by atomic mass is 9.91. The van der Waals surface area contributed by atoms with E-state index in [1.807, 2.05) is 4.90 Å². The summed E-state index contributed by atoms with van der Waals surface area (Å²) in [5.74, 6) is 0.511. The minimum atomic E-state index is -3.21. The third-order valence-corrected chi connectivity index (χ3v) is 7.65. The number of carbonyl (C=O) groups excluding carboxylic acids is 1. The summed E-state index contributed by atoms with van der Waals surface area (Å²) in [5.41, 5.74) is 0.0851. The highest BCUT2D eigenvalue weighted by molar-refractivity contribution is 7.89. The fourth-order valence-electron chi connectivity index (χ4n) is 4.11. The van der Waals surface area contributed by atoms with Gasteiger partial charge in [0.2, 0.25) is 15.9 Å². The maximum absolute atomic E-state index is 12.6. The Bertz CT molecular complexity index is 534. The highest BCUT2D eigenvalue weighted by Crippen LogP contribution is 2.60. The Morgan fingerprint density at radius 1 is 1.13 bits per heavy atom. The standard InChI is InChI=1S/C16H28N2O4S/c1-22-11-12-23(20,21)18-9-5-16(6-10-18)13-14(16)15(19)17-7-3-2-4-8-17/h14H,2-13H2,1H3. The zero-order valence-electron chi connectivity index (χ0n) is 14.0. The summed E-state index contributed by atoms with van der Waals surface area (Å²) in [6.07, 6.45) is 6.07. The lowest BCUT2D eigenvalue weighted by molar-refractivity contribution is -0.134. The first-order valence-corrected chi connectivity index (χ1v) is 10.3. The molecule has 3 fully saturated rings. The van der Waals surface area contributed by atoms with Crippen LogP contribution in [0, 0.1) is 11.3 Å². The molecule has 2 heterocycles. The largest absolute Gasteiger partial charge is 0.384 e. The van der Waals surface area contributed by atoms with Gasteiger partial charge in [-0.05, 0) is 43.9 Å². The smallest absolute Gasteiger partial charge is 0.226 e. The van der Waals surface area contributed by atoms with Crippen molar-refractivity contribution in [1.82, 2.24) is 9.21 Å². The Hall–Kier alpha value is -0.660. The summed E-state index contributed by atoms with van der Waals surface area (Å²) in [7, 11) is -1.70. The van der Waals surface area contributed by atoms with E-state index in [9.17, 15) is 13.2 Å². The summed E-state index contributed by atoms with van der Waals surface area (Å²) < 4.78 is 30.9. The van der Waals surface area contributed by atoms with Crippen molar-refractivity contribution >= 4 is 15.9 Å². The second kappa shape index (κ2) is 6.69. The number of methoxy groups -OCH3 is 1. The van der Waals surface area contributed by atoms with Crippen molar-refractivity contribution in [1.29, 1.82) is 0 Å². The van der Waals surface area contributed by atoms with E-state index in [2.05, 4.69) is 0 Å². The molecule has 6 nitrogen and oxygen atoms in total. The third kappa shape index (κ3) is 3.56. The van der Waals surface area contributed by atoms with Gasteiger partial charge in [-0.3, -0.25) is 4.79 Å². The van der Waals surface area contributed by atoms with Crippen LogP contribution >= 0.6 is 0 Å². The molecule has 23 heavy (non-hydrogen) atoms. The molecule has 0 aromatic carbocycles. The molecule has 7 heteroatoms. The minimum Gasteiger partial charge on any atom is -0.384 e. The van der Waals surface area contributed by atoms with Crippen LogP contribution in [0.4, 0.5) is 0 Å². The van der Waals surface area contributed by atoms with Gasteiger partial charge in [0, 0.05) is 39.2 Å². The molecular formula is C16H28N2O4S. The van der Waals surface area contributed by atoms with Crippen LogP contribution in [0.15, 0.2) is 0 Å². The Morgan fingerprint density at radius 2 is 1.78 bits per heavy atom. The van der Waals surface area contributed by atoms with Gasteiger partial charge >= 0.3 is 0 Å². The number of hydrogen-bond donors (Lipinski definition) is 0. The van der Waals surface area contributed by atoms with Crippen molar-refractivity contribution in [3.8, 4) is 0 Å². The Labute approximate surface area is 139 Å². The SMILES string of the molecule is COCCS(=O)(=O)N1CCC2(CC1)CC2C(=O)N1CCCCC1. The zero-order chi connectivity index (χ0) is 16.5. The Balaban J connectivity index is 1.52. The van der Waals surface area contributed by atoms with Crippen LogP contribution in [0.1, 0.15) is 38.5 Å². The molecule has 0 aromatic rings. The first kappa shape index (κ1) is 17.2. The molecule has 3 aliphatic rings. The quantitative estimate of drug-likeness (QED) is 0.748. The lowest BCUT2D eigenvalue weighted by Gasteiger charge is -2.33. The van der Waals surface area contributed by atoms with Crippen LogP contribution in [0.2, 0.25) is 0 Å². The first-order valence-electron chi connectivity index (χ1n) is 8.74. The minimum absolute atomic E-state index is 0.0483. The fraction of sp³-hybridized carbons (Fsp3) is 0.938. The number of sulfonamides is 1. The van der Waals surface area contributed by atoms with Gasteiger partial charge < -0.3 is 9.64 Å². The Morgan fingerprint density at radius 3 is 2.39 bits per heavy atom. The van der Waals surface area contributed by atoms with Gasteiger partial charge in [-0.2, -0.15) is 0 Å². The molecule has 1 unspecified atom stereocenters. The maximum Gasteiger partial charge on any atom is 0.226 e. The molecule has 1 atom stereocenters. The molecule has 1 spiro atoms. The van der Waals surface area contributed by atoms with Crippen molar-refractivity contribution in [2.75, 3.05) is 45.6 Å². The van der Waals surface area contributed by atoms with Crippen LogP contribution in [0.3, 0.4) is 0 Å². The van der Waals surface area contributed by atoms with Crippen LogP contribution < -0.4 is 0 Å². The van der Waals surface area contributed by atoms with Gasteiger partial charge in [-0.15, -0.1) is 0 Å². The van der Waals surface area contributed by atoms with Crippen LogP contribution in [-0.2, 0) is 19.6 Å². The van der Waals surface area contributed by atoms with E-state index < -0.39 is 10.0 Å². The molecule has 0 bridgehead atoms. The van der Waals surface area contributed by atoms with E-state index in [1.54, 1.807) is 4.31 Å². The molecule has 1 saturated carbocycles. The number of likely N-dealkylation sites (tertiary alicyclic amines) is 1. The van der Waals surface area contributed by atoms with Gasteiger partial charge in [-0.1, -0.05) is 0 Å². The number of carbonyl (C=O) groups is 1. The molecule has 0 radical (unpaired) electrons. The van der Waals surface area contributed by atoms with E-state index >= 15 is 0 Å². The summed E-state index contributed by atoms with van der Waals surface area (Å²) in [6.45, 7) is 3.15. The normalized spacial score (nSPS) is 28.0. The molecule has 1 aliphatic carbocycles. The molecule has 3 rings (SSSR count). The predicted molar refractivity (Wildman–Crippen MR) is 87.4 cm³/mol. The lowest BCUT2D eigenvalue weighted by Crippen LogP contribution is -2.43. The number of ether oxygens (including phenoxy) is 1. The second-order valence-electron chi connectivity index (χ2n) is 7.21. The molecule has 132 valence electrons. The van der Waals surface area contributed by atoms with Gasteiger partial charge in [0.25, 0.3) is 0 Å². The number of piperidine rings is 2. The van der Waals surface area contributed by atoms with Crippen molar-refractivity contribution in [3.05, 3.63) is 0 Å². The second-order valence-corrected chi connectivity index (χ2v) is 9.30. The van der Waals surface area contributed by atoms with E-state index in [0.29, 0.717) is 19.0 Å². The molecule has 1 amide bonds.